The van der Waals surface area contributed by atoms with Crippen LogP contribution < -0.4 is 10.2 Å². The second kappa shape index (κ2) is 18.8. The number of hydrogen-bond acceptors (Lipinski definition) is 9. The Labute approximate surface area is 252 Å². The number of nitrogens with zero attached hydrogens (tertiary/aromatic N) is 2. The van der Waals surface area contributed by atoms with Gasteiger partial charge in [0.05, 0.1) is 24.6 Å². The lowest BCUT2D eigenvalue weighted by atomic mass is 10.2. The van der Waals surface area contributed by atoms with Crippen LogP contribution in [0.25, 0.3) is 0 Å². The van der Waals surface area contributed by atoms with Crippen molar-refractivity contribution in [3.63, 3.8) is 0 Å². The summed E-state index contributed by atoms with van der Waals surface area (Å²) in [5, 5.41) is 34.7. The number of carbonyl (C=O) groups excluding carboxylic acids is 1. The molecular formula is C29H33N3O10S. The average Bonchev–Trinajstić information content (AvgIpc) is 2.98. The van der Waals surface area contributed by atoms with Gasteiger partial charge in [-0.1, -0.05) is 36.0 Å². The number of ether oxygens (including phenoxy) is 1. The van der Waals surface area contributed by atoms with Gasteiger partial charge < -0.3 is 30.5 Å². The van der Waals surface area contributed by atoms with E-state index in [4.69, 9.17) is 25.2 Å². The maximum atomic E-state index is 13.0. The normalized spacial score (nSPS) is 14.0. The first-order valence-electron chi connectivity index (χ1n) is 13.1. The third-order valence-electron chi connectivity index (χ3n) is 5.64. The molecule has 0 spiro atoms. The molecule has 2 aromatic carbocycles. The summed E-state index contributed by atoms with van der Waals surface area (Å²) in [6.07, 6.45) is 2.71. The third-order valence-corrected chi connectivity index (χ3v) is 6.77. The van der Waals surface area contributed by atoms with E-state index in [2.05, 4.69) is 22.3 Å². The third kappa shape index (κ3) is 13.3. The van der Waals surface area contributed by atoms with Gasteiger partial charge in [-0.15, -0.1) is 0 Å². The van der Waals surface area contributed by atoms with Gasteiger partial charge in [0.1, 0.15) is 0 Å². The highest BCUT2D eigenvalue weighted by molar-refractivity contribution is 7.99. The molecule has 0 atom stereocenters. The van der Waals surface area contributed by atoms with Crippen molar-refractivity contribution in [1.29, 1.82) is 0 Å². The summed E-state index contributed by atoms with van der Waals surface area (Å²) < 4.78 is 5.37. The Bertz CT molecular complexity index is 1210. The van der Waals surface area contributed by atoms with E-state index in [0.717, 1.165) is 60.6 Å². The Morgan fingerprint density at radius 1 is 0.721 bits per heavy atom. The van der Waals surface area contributed by atoms with Crippen molar-refractivity contribution in [1.82, 2.24) is 10.2 Å². The van der Waals surface area contributed by atoms with E-state index in [1.165, 1.54) is 0 Å². The number of carbonyl (C=O) groups is 5. The quantitative estimate of drug-likeness (QED) is 0.194. The zero-order chi connectivity index (χ0) is 31.6. The summed E-state index contributed by atoms with van der Waals surface area (Å²) in [4.78, 5) is 57.8. The summed E-state index contributed by atoms with van der Waals surface area (Å²) in [7, 11) is 0. The monoisotopic (exact) mass is 615 g/mol. The highest BCUT2D eigenvalue weighted by Gasteiger charge is 2.27. The van der Waals surface area contributed by atoms with Crippen molar-refractivity contribution in [3.8, 4) is 0 Å². The summed E-state index contributed by atoms with van der Waals surface area (Å²) in [5.41, 5.74) is 1.97. The van der Waals surface area contributed by atoms with E-state index < -0.39 is 23.9 Å². The molecule has 0 unspecified atom stereocenters. The van der Waals surface area contributed by atoms with Gasteiger partial charge in [-0.3, -0.25) is 14.6 Å². The van der Waals surface area contributed by atoms with Crippen LogP contribution in [0.1, 0.15) is 6.42 Å². The Morgan fingerprint density at radius 2 is 1.16 bits per heavy atom. The molecule has 13 nitrogen and oxygen atoms in total. The molecule has 230 valence electrons. The lowest BCUT2D eigenvalue weighted by molar-refractivity contribution is -0.134. The number of aliphatic carboxylic acids is 4. The number of morpholine rings is 1. The second-order valence-corrected chi connectivity index (χ2v) is 9.82. The SMILES string of the molecule is O=C(CCNCCN1CCOCC1)N1c2ccccc2Sc2ccccc21.O=C(O)/C=C\C(=O)O.O=C(O)/C=C\C(=O)O. The zero-order valence-corrected chi connectivity index (χ0v) is 23.9. The summed E-state index contributed by atoms with van der Waals surface area (Å²) in [6.45, 7) is 6.24. The molecule has 0 saturated carbocycles. The van der Waals surface area contributed by atoms with Gasteiger partial charge in [-0.25, -0.2) is 19.2 Å². The fourth-order valence-corrected chi connectivity index (χ4v) is 4.81. The smallest absolute Gasteiger partial charge is 0.328 e. The van der Waals surface area contributed by atoms with Crippen molar-refractivity contribution in [3.05, 3.63) is 72.8 Å². The number of nitrogens with one attached hydrogen (secondary N) is 1. The van der Waals surface area contributed by atoms with Crippen LogP contribution in [0, 0.1) is 0 Å². The number of carboxylic acid groups (broad SMARTS) is 4. The second-order valence-electron chi connectivity index (χ2n) is 8.74. The highest BCUT2D eigenvalue weighted by atomic mass is 32.2. The minimum Gasteiger partial charge on any atom is -0.478 e. The topological polar surface area (TPSA) is 194 Å². The average molecular weight is 616 g/mol. The van der Waals surface area contributed by atoms with Crippen LogP contribution in [0.2, 0.25) is 0 Å². The van der Waals surface area contributed by atoms with Gasteiger partial charge >= 0.3 is 23.9 Å². The van der Waals surface area contributed by atoms with Crippen LogP contribution >= 0.6 is 11.8 Å². The number of carboxylic acids is 4. The van der Waals surface area contributed by atoms with E-state index in [1.807, 2.05) is 41.3 Å². The Kier molecular flexibility index (Phi) is 15.2. The standard InChI is InChI=1S/C21H25N3O2S.2C4H4O4/c25-21(9-10-22-11-12-23-13-15-26-16-14-23)24-17-5-1-3-7-19(17)27-20-8-4-2-6-18(20)24;2*5-3(6)1-2-4(7)8/h1-8,22H,9-16H2;2*1-2H,(H,5,6)(H,7,8)/b;2*2-1-. The van der Waals surface area contributed by atoms with Crippen LogP contribution in [-0.4, -0.2) is 101 Å². The first kappa shape index (κ1) is 34.7. The van der Waals surface area contributed by atoms with Crippen LogP contribution in [-0.2, 0) is 28.7 Å². The predicted molar refractivity (Wildman–Crippen MR) is 158 cm³/mol. The fraction of sp³-hybridized carbons (Fsp3) is 0.276. The molecule has 0 aromatic heterocycles. The first-order valence-corrected chi connectivity index (χ1v) is 13.9. The van der Waals surface area contributed by atoms with Gasteiger partial charge in [0.2, 0.25) is 5.91 Å². The lowest BCUT2D eigenvalue weighted by Gasteiger charge is -2.31. The van der Waals surface area contributed by atoms with E-state index >= 15 is 0 Å². The molecule has 1 amide bonds. The lowest BCUT2D eigenvalue weighted by Crippen LogP contribution is -2.40. The maximum absolute atomic E-state index is 13.0. The van der Waals surface area contributed by atoms with Gasteiger partial charge in [0, 0.05) is 73.2 Å². The Hall–Kier alpha value is -4.50. The number of amides is 1. The molecular weight excluding hydrogens is 582 g/mol. The van der Waals surface area contributed by atoms with Gasteiger partial charge in [0.15, 0.2) is 0 Å². The van der Waals surface area contributed by atoms with E-state index in [0.29, 0.717) is 37.3 Å². The molecule has 2 aliphatic rings. The van der Waals surface area contributed by atoms with Crippen molar-refractivity contribution in [2.24, 2.45) is 0 Å². The summed E-state index contributed by atoms with van der Waals surface area (Å²) >= 11 is 1.73. The number of benzene rings is 2. The van der Waals surface area contributed by atoms with Crippen molar-refractivity contribution in [2.45, 2.75) is 16.2 Å². The highest BCUT2D eigenvalue weighted by Crippen LogP contribution is 2.47. The molecule has 0 aliphatic carbocycles. The van der Waals surface area contributed by atoms with Crippen molar-refractivity contribution < 1.29 is 49.1 Å². The van der Waals surface area contributed by atoms with Gasteiger partial charge in [-0.2, -0.15) is 0 Å². The van der Waals surface area contributed by atoms with E-state index in [-0.39, 0.29) is 5.91 Å². The molecule has 0 radical (unpaired) electrons. The largest absolute Gasteiger partial charge is 0.478 e. The number of anilines is 2. The number of para-hydroxylation sites is 2. The fourth-order valence-electron chi connectivity index (χ4n) is 3.75. The van der Waals surface area contributed by atoms with Gasteiger partial charge in [0.25, 0.3) is 0 Å². The molecule has 14 heteroatoms. The molecule has 43 heavy (non-hydrogen) atoms. The molecule has 5 N–H and O–H groups in total. The minimum absolute atomic E-state index is 0.133. The molecule has 1 saturated heterocycles. The Balaban J connectivity index is 0.000000334. The van der Waals surface area contributed by atoms with E-state index in [1.54, 1.807) is 11.8 Å². The van der Waals surface area contributed by atoms with Crippen molar-refractivity contribution >= 4 is 52.9 Å². The van der Waals surface area contributed by atoms with E-state index in [9.17, 15) is 24.0 Å². The summed E-state index contributed by atoms with van der Waals surface area (Å²) in [6, 6.07) is 16.3. The molecule has 1 fully saturated rings. The first-order chi connectivity index (χ1) is 20.6. The minimum atomic E-state index is -1.26. The number of fused-ring (bicyclic) bond motifs is 2. The zero-order valence-electron chi connectivity index (χ0n) is 23.1. The van der Waals surface area contributed by atoms with Crippen LogP contribution in [0.15, 0.2) is 82.6 Å². The summed E-state index contributed by atoms with van der Waals surface area (Å²) in [5.74, 6) is -4.89. The molecule has 2 aliphatic heterocycles. The Morgan fingerprint density at radius 3 is 1.60 bits per heavy atom. The van der Waals surface area contributed by atoms with Gasteiger partial charge in [-0.05, 0) is 24.3 Å². The predicted octanol–water partition coefficient (Wildman–Crippen LogP) is 2.55. The number of rotatable bonds is 10. The molecule has 2 aromatic rings. The van der Waals surface area contributed by atoms with Crippen LogP contribution in [0.5, 0.6) is 0 Å². The van der Waals surface area contributed by atoms with Crippen molar-refractivity contribution in [2.75, 3.05) is 50.8 Å². The molecule has 0 bridgehead atoms. The molecule has 4 rings (SSSR count). The maximum Gasteiger partial charge on any atom is 0.328 e. The molecule has 2 heterocycles. The van der Waals surface area contributed by atoms with Crippen LogP contribution in [0.4, 0.5) is 11.4 Å². The van der Waals surface area contributed by atoms with Crippen LogP contribution in [0.3, 0.4) is 0 Å². The number of hydrogen-bond donors (Lipinski definition) is 5.